The molecule has 0 fully saturated rings. The maximum atomic E-state index is 13.6. The molecule has 1 N–H and O–H groups in total. The van der Waals surface area contributed by atoms with E-state index in [0.717, 1.165) is 60.5 Å². The fourth-order valence-electron chi connectivity index (χ4n) is 4.10. The fourth-order valence-corrected chi connectivity index (χ4v) is 4.10. The lowest BCUT2D eigenvalue weighted by atomic mass is 10.1. The summed E-state index contributed by atoms with van der Waals surface area (Å²) in [5.41, 5.74) is 2.49. The molecule has 0 bridgehead atoms. The van der Waals surface area contributed by atoms with Crippen LogP contribution in [0.4, 0.5) is 16.2 Å². The fraction of sp³-hybridized carbons (Fsp3) is 0.407. The molecular formula is C27H36N4O2. The number of carbonyl (C=O) groups excluding carboxylic acids is 1. The molecular weight excluding hydrogens is 412 g/mol. The Labute approximate surface area is 197 Å². The van der Waals surface area contributed by atoms with Gasteiger partial charge in [0.25, 0.3) is 0 Å². The summed E-state index contributed by atoms with van der Waals surface area (Å²) >= 11 is 0. The molecule has 6 heteroatoms. The third-order valence-corrected chi connectivity index (χ3v) is 5.95. The lowest BCUT2D eigenvalue weighted by Crippen LogP contribution is -2.42. The second kappa shape index (κ2) is 12.2. The molecule has 3 aromatic rings. The van der Waals surface area contributed by atoms with Gasteiger partial charge in [0.2, 0.25) is 0 Å². The van der Waals surface area contributed by atoms with Crippen molar-refractivity contribution >= 4 is 28.3 Å². The number of fused-ring (bicyclic) bond motifs is 1. The number of urea groups is 1. The van der Waals surface area contributed by atoms with Crippen LogP contribution in [-0.2, 0) is 0 Å². The summed E-state index contributed by atoms with van der Waals surface area (Å²) in [5, 5.41) is 4.05. The number of hydrogen-bond acceptors (Lipinski definition) is 4. The van der Waals surface area contributed by atoms with Gasteiger partial charge in [-0.1, -0.05) is 32.0 Å². The number of rotatable bonds is 11. The first kappa shape index (κ1) is 24.5. The number of ether oxygens (including phenoxy) is 1. The predicted molar refractivity (Wildman–Crippen MR) is 137 cm³/mol. The van der Waals surface area contributed by atoms with Crippen LogP contribution in [0.2, 0.25) is 0 Å². The highest BCUT2D eigenvalue weighted by atomic mass is 16.5. The van der Waals surface area contributed by atoms with Gasteiger partial charge in [0.05, 0.1) is 17.8 Å². The van der Waals surface area contributed by atoms with Crippen LogP contribution in [0.5, 0.6) is 5.75 Å². The molecule has 2 aromatic carbocycles. The molecule has 0 aliphatic rings. The monoisotopic (exact) mass is 448 g/mol. The number of carbonyl (C=O) groups is 1. The minimum absolute atomic E-state index is 0.0223. The Morgan fingerprint density at radius 2 is 1.76 bits per heavy atom. The van der Waals surface area contributed by atoms with Crippen molar-refractivity contribution in [3.05, 3.63) is 60.8 Å². The van der Waals surface area contributed by atoms with E-state index < -0.39 is 0 Å². The van der Waals surface area contributed by atoms with Gasteiger partial charge in [-0.2, -0.15) is 0 Å². The van der Waals surface area contributed by atoms with Crippen LogP contribution in [0.3, 0.4) is 0 Å². The highest BCUT2D eigenvalue weighted by molar-refractivity contribution is 6.07. The Bertz CT molecular complexity index is 1010. The summed E-state index contributed by atoms with van der Waals surface area (Å²) in [4.78, 5) is 22.3. The van der Waals surface area contributed by atoms with Crippen LogP contribution in [0.1, 0.15) is 40.5 Å². The Morgan fingerprint density at radius 3 is 2.45 bits per heavy atom. The van der Waals surface area contributed by atoms with E-state index in [-0.39, 0.29) is 12.1 Å². The number of hydrogen-bond donors (Lipinski definition) is 1. The second-order valence-electron chi connectivity index (χ2n) is 8.12. The van der Waals surface area contributed by atoms with Crippen molar-refractivity contribution < 1.29 is 9.53 Å². The van der Waals surface area contributed by atoms with E-state index in [9.17, 15) is 4.79 Å². The highest BCUT2D eigenvalue weighted by Crippen LogP contribution is 2.29. The average Bonchev–Trinajstić information content (AvgIpc) is 2.83. The quantitative estimate of drug-likeness (QED) is 0.380. The van der Waals surface area contributed by atoms with Gasteiger partial charge < -0.3 is 15.0 Å². The average molecular weight is 449 g/mol. The maximum Gasteiger partial charge on any atom is 0.326 e. The van der Waals surface area contributed by atoms with E-state index in [1.807, 2.05) is 66.4 Å². The van der Waals surface area contributed by atoms with Crippen LogP contribution in [0.25, 0.3) is 10.9 Å². The number of benzene rings is 2. The molecule has 0 aliphatic carbocycles. The van der Waals surface area contributed by atoms with Crippen LogP contribution in [0, 0.1) is 0 Å². The first-order valence-electron chi connectivity index (χ1n) is 12.0. The molecule has 3 rings (SSSR count). The molecule has 1 heterocycles. The number of aromatic nitrogens is 1. The van der Waals surface area contributed by atoms with Gasteiger partial charge in [0.1, 0.15) is 5.75 Å². The number of para-hydroxylation sites is 1. The minimum Gasteiger partial charge on any atom is -0.494 e. The third-order valence-electron chi connectivity index (χ3n) is 5.95. The van der Waals surface area contributed by atoms with E-state index >= 15 is 0 Å². The van der Waals surface area contributed by atoms with Crippen molar-refractivity contribution in [2.24, 2.45) is 0 Å². The Morgan fingerprint density at radius 1 is 1.03 bits per heavy atom. The summed E-state index contributed by atoms with van der Waals surface area (Å²) < 4.78 is 5.52. The number of anilines is 2. The molecule has 176 valence electrons. The molecule has 0 unspecified atom stereocenters. The number of nitrogens with zero attached hydrogens (tertiary/aromatic N) is 3. The van der Waals surface area contributed by atoms with Crippen molar-refractivity contribution in [2.45, 2.75) is 46.6 Å². The van der Waals surface area contributed by atoms with Crippen LogP contribution in [-0.4, -0.2) is 48.2 Å². The zero-order valence-corrected chi connectivity index (χ0v) is 20.3. The van der Waals surface area contributed by atoms with Crippen LogP contribution >= 0.6 is 0 Å². The smallest absolute Gasteiger partial charge is 0.326 e. The normalized spacial score (nSPS) is 12.0. The molecule has 2 amide bonds. The third kappa shape index (κ3) is 6.45. The molecule has 33 heavy (non-hydrogen) atoms. The molecule has 6 nitrogen and oxygen atoms in total. The SMILES string of the molecule is CCOc1ccc(NC(=O)N(c2ccnc3ccccc23)[C@H](C)CCCN(CC)CC)cc1. The van der Waals surface area contributed by atoms with Gasteiger partial charge in [-0.15, -0.1) is 0 Å². The van der Waals surface area contributed by atoms with Crippen molar-refractivity contribution in [3.8, 4) is 5.75 Å². The zero-order chi connectivity index (χ0) is 23.6. The zero-order valence-electron chi connectivity index (χ0n) is 20.3. The van der Waals surface area contributed by atoms with Gasteiger partial charge >= 0.3 is 6.03 Å². The van der Waals surface area contributed by atoms with Gasteiger partial charge in [-0.25, -0.2) is 4.79 Å². The lowest BCUT2D eigenvalue weighted by Gasteiger charge is -2.31. The summed E-state index contributed by atoms with van der Waals surface area (Å²) in [7, 11) is 0. The van der Waals surface area contributed by atoms with Crippen LogP contribution in [0.15, 0.2) is 60.8 Å². The van der Waals surface area contributed by atoms with Crippen molar-refractivity contribution in [1.82, 2.24) is 9.88 Å². The first-order chi connectivity index (χ1) is 16.1. The first-order valence-corrected chi connectivity index (χ1v) is 12.0. The van der Waals surface area contributed by atoms with Gasteiger partial charge in [-0.05, 0) is 82.7 Å². The highest BCUT2D eigenvalue weighted by Gasteiger charge is 2.24. The largest absolute Gasteiger partial charge is 0.494 e. The van der Waals surface area contributed by atoms with E-state index in [2.05, 4.69) is 36.0 Å². The Kier molecular flexibility index (Phi) is 9.07. The number of amides is 2. The van der Waals surface area contributed by atoms with E-state index in [1.165, 1.54) is 0 Å². The molecule has 1 atom stereocenters. The molecule has 0 saturated carbocycles. The van der Waals surface area contributed by atoms with E-state index in [0.29, 0.717) is 6.61 Å². The lowest BCUT2D eigenvalue weighted by molar-refractivity contribution is 0.253. The van der Waals surface area contributed by atoms with E-state index in [4.69, 9.17) is 4.74 Å². The Balaban J connectivity index is 1.85. The maximum absolute atomic E-state index is 13.6. The topological polar surface area (TPSA) is 57.7 Å². The molecule has 0 saturated heterocycles. The van der Waals surface area contributed by atoms with Crippen molar-refractivity contribution in [1.29, 1.82) is 0 Å². The van der Waals surface area contributed by atoms with Crippen LogP contribution < -0.4 is 15.0 Å². The number of pyridine rings is 1. The Hall–Kier alpha value is -3.12. The van der Waals surface area contributed by atoms with Gasteiger partial charge in [0.15, 0.2) is 0 Å². The summed E-state index contributed by atoms with van der Waals surface area (Å²) in [6.45, 7) is 12.2. The second-order valence-corrected chi connectivity index (χ2v) is 8.12. The summed E-state index contributed by atoms with van der Waals surface area (Å²) in [6, 6.07) is 17.3. The van der Waals surface area contributed by atoms with E-state index in [1.54, 1.807) is 6.20 Å². The minimum atomic E-state index is -0.147. The molecule has 1 aromatic heterocycles. The van der Waals surface area contributed by atoms with Gasteiger partial charge in [0, 0.05) is 23.3 Å². The molecule has 0 radical (unpaired) electrons. The van der Waals surface area contributed by atoms with Crippen molar-refractivity contribution in [3.63, 3.8) is 0 Å². The number of nitrogens with one attached hydrogen (secondary N) is 1. The molecule has 0 spiro atoms. The standard InChI is InChI=1S/C27H36N4O2/c1-5-30(6-2)20-10-11-21(4)31(26-18-19-28-25-13-9-8-12-24(25)26)27(32)29-22-14-16-23(17-15-22)33-7-3/h8-9,12-19,21H,5-7,10-11,20H2,1-4H3,(H,29,32)/t21-/m1/s1. The summed E-state index contributed by atoms with van der Waals surface area (Å²) in [6.07, 6.45) is 3.71. The molecule has 0 aliphatic heterocycles. The van der Waals surface area contributed by atoms with Crippen molar-refractivity contribution in [2.75, 3.05) is 36.5 Å². The summed E-state index contributed by atoms with van der Waals surface area (Å²) in [5.74, 6) is 0.789. The predicted octanol–water partition coefficient (Wildman–Crippen LogP) is 6.18. The van der Waals surface area contributed by atoms with Gasteiger partial charge in [-0.3, -0.25) is 9.88 Å².